The first-order chi connectivity index (χ1) is 14.0. The number of hydrogen-bond acceptors (Lipinski definition) is 7. The lowest BCUT2D eigenvalue weighted by molar-refractivity contribution is 0.247. The van der Waals surface area contributed by atoms with Crippen molar-refractivity contribution < 1.29 is 17.7 Å². The monoisotopic (exact) mass is 433 g/mol. The van der Waals surface area contributed by atoms with Crippen LogP contribution in [0.2, 0.25) is 0 Å². The number of aromatic nitrogens is 2. The Morgan fingerprint density at radius 1 is 1.34 bits per heavy atom. The van der Waals surface area contributed by atoms with Crippen LogP contribution in [0.3, 0.4) is 0 Å². The maximum absolute atomic E-state index is 13.1. The van der Waals surface area contributed by atoms with Crippen LogP contribution in [-0.2, 0) is 16.4 Å². The normalized spacial score (nSPS) is 18.1. The molecule has 1 saturated heterocycles. The lowest BCUT2D eigenvalue weighted by Crippen LogP contribution is -2.40. The summed E-state index contributed by atoms with van der Waals surface area (Å²) in [6.07, 6.45) is 2.32. The Morgan fingerprint density at radius 2 is 2.21 bits per heavy atom. The van der Waals surface area contributed by atoms with Gasteiger partial charge in [0.1, 0.15) is 5.75 Å². The van der Waals surface area contributed by atoms with Crippen LogP contribution in [0, 0.1) is 12.8 Å². The molecule has 1 fully saturated rings. The minimum Gasteiger partial charge on any atom is -0.496 e. The quantitative estimate of drug-likeness (QED) is 0.588. The molecule has 3 heterocycles. The third-order valence-corrected chi connectivity index (χ3v) is 7.74. The molecule has 9 heteroatoms. The number of methoxy groups -OCH3 is 1. The van der Waals surface area contributed by atoms with Gasteiger partial charge in [-0.2, -0.15) is 20.6 Å². The summed E-state index contributed by atoms with van der Waals surface area (Å²) in [5.41, 5.74) is 1.74. The summed E-state index contributed by atoms with van der Waals surface area (Å²) in [6, 6.07) is 6.93. The molecule has 1 atom stereocenters. The van der Waals surface area contributed by atoms with Crippen LogP contribution in [0.1, 0.15) is 24.3 Å². The van der Waals surface area contributed by atoms with Crippen molar-refractivity contribution >= 4 is 21.4 Å². The van der Waals surface area contributed by atoms with E-state index in [0.717, 1.165) is 24.0 Å². The van der Waals surface area contributed by atoms with Crippen molar-refractivity contribution in [1.29, 1.82) is 0 Å². The smallest absolute Gasteiger partial charge is 0.243 e. The topological polar surface area (TPSA) is 85.5 Å². The standard InChI is InChI=1S/C20H23N3O4S2/c1-14-10-17(5-6-18(14)26-2)29(24,25)23-8-3-4-15(12-23)11-19-21-20(22-27-19)16-7-9-28-13-16/h5-7,9-10,13,15H,3-4,8,11-12H2,1-2H3. The summed E-state index contributed by atoms with van der Waals surface area (Å²) in [4.78, 5) is 4.77. The van der Waals surface area contributed by atoms with Crippen molar-refractivity contribution in [2.24, 2.45) is 5.92 Å². The fraction of sp³-hybridized carbons (Fsp3) is 0.400. The van der Waals surface area contributed by atoms with Crippen molar-refractivity contribution in [2.75, 3.05) is 20.2 Å². The lowest BCUT2D eigenvalue weighted by atomic mass is 9.96. The second-order valence-electron chi connectivity index (χ2n) is 7.23. The largest absolute Gasteiger partial charge is 0.496 e. The Bertz CT molecular complexity index is 1080. The Balaban J connectivity index is 1.47. The van der Waals surface area contributed by atoms with Gasteiger partial charge < -0.3 is 9.26 Å². The third-order valence-electron chi connectivity index (χ3n) is 5.20. The van der Waals surface area contributed by atoms with Crippen LogP contribution >= 0.6 is 11.3 Å². The number of nitrogens with zero attached hydrogens (tertiary/aromatic N) is 3. The Kier molecular flexibility index (Phi) is 5.71. The molecule has 0 radical (unpaired) electrons. The molecular formula is C20H23N3O4S2. The van der Waals surface area contributed by atoms with Crippen LogP contribution in [0.4, 0.5) is 0 Å². The molecule has 0 spiro atoms. The van der Waals surface area contributed by atoms with E-state index < -0.39 is 10.0 Å². The predicted octanol–water partition coefficient (Wildman–Crippen LogP) is 3.76. The molecule has 3 aromatic rings. The number of hydrogen-bond donors (Lipinski definition) is 0. The van der Waals surface area contributed by atoms with Crippen molar-refractivity contribution in [3.05, 3.63) is 46.5 Å². The van der Waals surface area contributed by atoms with E-state index in [4.69, 9.17) is 9.26 Å². The van der Waals surface area contributed by atoms with Gasteiger partial charge in [-0.3, -0.25) is 0 Å². The van der Waals surface area contributed by atoms with E-state index in [9.17, 15) is 8.42 Å². The molecule has 0 aliphatic carbocycles. The van der Waals surface area contributed by atoms with Crippen LogP contribution < -0.4 is 4.74 Å². The molecule has 1 unspecified atom stereocenters. The number of piperidine rings is 1. The summed E-state index contributed by atoms with van der Waals surface area (Å²) in [5.74, 6) is 1.96. The summed E-state index contributed by atoms with van der Waals surface area (Å²) in [7, 11) is -1.98. The zero-order valence-corrected chi connectivity index (χ0v) is 18.0. The van der Waals surface area contributed by atoms with Gasteiger partial charge in [0.2, 0.25) is 21.7 Å². The molecule has 29 heavy (non-hydrogen) atoms. The van der Waals surface area contributed by atoms with Crippen molar-refractivity contribution in [3.63, 3.8) is 0 Å². The van der Waals surface area contributed by atoms with Gasteiger partial charge in [-0.05, 0) is 60.9 Å². The van der Waals surface area contributed by atoms with Gasteiger partial charge in [0.25, 0.3) is 0 Å². The van der Waals surface area contributed by atoms with Gasteiger partial charge in [-0.15, -0.1) is 0 Å². The summed E-state index contributed by atoms with van der Waals surface area (Å²) in [5, 5.41) is 7.98. The number of rotatable bonds is 6. The first kappa shape index (κ1) is 20.1. The van der Waals surface area contributed by atoms with Gasteiger partial charge in [-0.25, -0.2) is 8.42 Å². The highest BCUT2D eigenvalue weighted by Crippen LogP contribution is 2.29. The number of benzene rings is 1. The second-order valence-corrected chi connectivity index (χ2v) is 9.95. The zero-order valence-electron chi connectivity index (χ0n) is 16.4. The van der Waals surface area contributed by atoms with E-state index in [-0.39, 0.29) is 5.92 Å². The van der Waals surface area contributed by atoms with Gasteiger partial charge in [0.15, 0.2) is 0 Å². The molecular weight excluding hydrogens is 410 g/mol. The molecule has 0 N–H and O–H groups in total. The van der Waals surface area contributed by atoms with E-state index in [1.54, 1.807) is 41.0 Å². The molecule has 7 nitrogen and oxygen atoms in total. The number of thiophene rings is 1. The average Bonchev–Trinajstić information content (AvgIpc) is 3.40. The minimum absolute atomic E-state index is 0.147. The molecule has 154 valence electrons. The zero-order chi connectivity index (χ0) is 20.4. The molecule has 0 bridgehead atoms. The Hall–Kier alpha value is -2.23. The fourth-order valence-electron chi connectivity index (χ4n) is 3.67. The Morgan fingerprint density at radius 3 is 2.93 bits per heavy atom. The maximum Gasteiger partial charge on any atom is 0.243 e. The predicted molar refractivity (Wildman–Crippen MR) is 111 cm³/mol. The van der Waals surface area contributed by atoms with Gasteiger partial charge in [0.05, 0.1) is 12.0 Å². The number of sulfonamides is 1. The van der Waals surface area contributed by atoms with Crippen LogP contribution in [-0.4, -0.2) is 43.1 Å². The molecule has 0 saturated carbocycles. The average molecular weight is 434 g/mol. The summed E-state index contributed by atoms with van der Waals surface area (Å²) < 4.78 is 38.5. The Labute approximate surface area is 174 Å². The second kappa shape index (κ2) is 8.25. The van der Waals surface area contributed by atoms with Crippen LogP contribution in [0.5, 0.6) is 5.75 Å². The van der Waals surface area contributed by atoms with Crippen molar-refractivity contribution in [2.45, 2.75) is 31.1 Å². The molecule has 2 aromatic heterocycles. The molecule has 1 aliphatic rings. The van der Waals surface area contributed by atoms with Gasteiger partial charge >= 0.3 is 0 Å². The molecule has 1 aromatic carbocycles. The lowest BCUT2D eigenvalue weighted by Gasteiger charge is -2.31. The summed E-state index contributed by atoms with van der Waals surface area (Å²) in [6.45, 7) is 2.81. The molecule has 4 rings (SSSR count). The minimum atomic E-state index is -3.55. The SMILES string of the molecule is COc1ccc(S(=O)(=O)N2CCCC(Cc3nc(-c4ccsc4)no3)C2)cc1C. The fourth-order valence-corrected chi connectivity index (χ4v) is 5.94. The van der Waals surface area contributed by atoms with E-state index in [1.807, 2.05) is 23.8 Å². The number of aryl methyl sites for hydroxylation is 1. The number of ether oxygens (including phenoxy) is 1. The van der Waals surface area contributed by atoms with E-state index in [0.29, 0.717) is 41.9 Å². The van der Waals surface area contributed by atoms with Crippen molar-refractivity contribution in [3.8, 4) is 17.1 Å². The van der Waals surface area contributed by atoms with Crippen LogP contribution in [0.15, 0.2) is 44.4 Å². The third kappa shape index (κ3) is 4.22. The van der Waals surface area contributed by atoms with Crippen molar-refractivity contribution in [1.82, 2.24) is 14.4 Å². The van der Waals surface area contributed by atoms with Gasteiger partial charge in [0, 0.05) is 30.5 Å². The first-order valence-corrected chi connectivity index (χ1v) is 11.9. The highest BCUT2D eigenvalue weighted by Gasteiger charge is 2.31. The molecule has 0 amide bonds. The van der Waals surface area contributed by atoms with E-state index >= 15 is 0 Å². The van der Waals surface area contributed by atoms with E-state index in [1.165, 1.54) is 0 Å². The van der Waals surface area contributed by atoms with Crippen LogP contribution in [0.25, 0.3) is 11.4 Å². The highest BCUT2D eigenvalue weighted by atomic mass is 32.2. The molecule has 1 aliphatic heterocycles. The summed E-state index contributed by atoms with van der Waals surface area (Å²) >= 11 is 1.58. The maximum atomic E-state index is 13.1. The first-order valence-electron chi connectivity index (χ1n) is 9.47. The van der Waals surface area contributed by atoms with E-state index in [2.05, 4.69) is 10.1 Å². The van der Waals surface area contributed by atoms with Gasteiger partial charge in [-0.1, -0.05) is 5.16 Å². The highest BCUT2D eigenvalue weighted by molar-refractivity contribution is 7.89.